The average molecular weight is 389 g/mol. The van der Waals surface area contributed by atoms with Crippen LogP contribution in [0.2, 0.25) is 0 Å². The lowest BCUT2D eigenvalue weighted by Gasteiger charge is -2.17. The van der Waals surface area contributed by atoms with Gasteiger partial charge in [-0.3, -0.25) is 0 Å². The van der Waals surface area contributed by atoms with E-state index in [9.17, 15) is 20.1 Å². The summed E-state index contributed by atoms with van der Waals surface area (Å²) >= 11 is 0. The van der Waals surface area contributed by atoms with Gasteiger partial charge in [0.1, 0.15) is 17.1 Å². The zero-order valence-electron chi connectivity index (χ0n) is 14.4. The second-order valence-corrected chi connectivity index (χ2v) is 6.06. The molecule has 0 aliphatic carbocycles. The van der Waals surface area contributed by atoms with Crippen molar-refractivity contribution in [3.8, 4) is 11.5 Å². The van der Waals surface area contributed by atoms with Gasteiger partial charge in [-0.1, -0.05) is 12.2 Å². The molecule has 1 aliphatic heterocycles. The number of carbonyl (C=O) groups excluding carboxylic acids is 1. The molecule has 142 valence electrons. The lowest BCUT2D eigenvalue weighted by molar-refractivity contribution is 0.0307. The number of rotatable bonds is 0. The maximum Gasteiger partial charge on any atom is 0.342 e. The van der Waals surface area contributed by atoms with Crippen molar-refractivity contribution >= 4 is 39.0 Å². The molecule has 1 aromatic carbocycles. The van der Waals surface area contributed by atoms with Crippen LogP contribution >= 0.6 is 27.0 Å². The van der Waals surface area contributed by atoms with E-state index in [1.54, 1.807) is 13.0 Å². The highest BCUT2D eigenvalue weighted by atomic mass is 32.1. The molecule has 7 heteroatoms. The first-order valence-corrected chi connectivity index (χ1v) is 8.09. The van der Waals surface area contributed by atoms with Gasteiger partial charge in [-0.05, 0) is 57.1 Å². The van der Waals surface area contributed by atoms with Gasteiger partial charge < -0.3 is 20.1 Å². The molecule has 5 nitrogen and oxygen atoms in total. The summed E-state index contributed by atoms with van der Waals surface area (Å²) in [6, 6.07) is 2.57. The first-order valence-electron chi connectivity index (χ1n) is 8.09. The van der Waals surface area contributed by atoms with Gasteiger partial charge in [0, 0.05) is 6.07 Å². The maximum absolute atomic E-state index is 12.3. The Labute approximate surface area is 162 Å². The summed E-state index contributed by atoms with van der Waals surface area (Å²) < 4.78 is 5.38. The molecule has 0 aromatic heterocycles. The van der Waals surface area contributed by atoms with Crippen molar-refractivity contribution in [1.29, 1.82) is 0 Å². The smallest absolute Gasteiger partial charge is 0.342 e. The number of ether oxygens (including phenoxy) is 1. The van der Waals surface area contributed by atoms with Crippen LogP contribution in [0.15, 0.2) is 18.2 Å². The minimum absolute atomic E-state index is 0. The Kier molecular flexibility index (Phi) is 10.7. The first-order chi connectivity index (χ1) is 11.0. The molecule has 2 atom stereocenters. The zero-order valence-corrected chi connectivity index (χ0v) is 16.4. The molecule has 1 aromatic rings. The predicted octanol–water partition coefficient (Wildman–Crippen LogP) is 3.60. The number of cyclic esters (lactones) is 1. The number of carbonyl (C=O) groups is 1. The Balaban J connectivity index is 0.00000288. The molecule has 0 saturated carbocycles. The average Bonchev–Trinajstić information content (AvgIpc) is 2.45. The summed E-state index contributed by atoms with van der Waals surface area (Å²) in [5.41, 5.74) is 0.500. The molecule has 25 heavy (non-hydrogen) atoms. The molecule has 1 heterocycles. The van der Waals surface area contributed by atoms with Gasteiger partial charge in [0.15, 0.2) is 0 Å². The molecule has 0 saturated heterocycles. The Morgan fingerprint density at radius 1 is 1.08 bits per heavy atom. The van der Waals surface area contributed by atoms with Gasteiger partial charge in [-0.25, -0.2) is 4.79 Å². The largest absolute Gasteiger partial charge is 0.508 e. The maximum atomic E-state index is 12.3. The Bertz CT molecular complexity index is 589. The summed E-state index contributed by atoms with van der Waals surface area (Å²) in [5.74, 6) is -1.00. The lowest BCUT2D eigenvalue weighted by Crippen LogP contribution is -2.17. The molecule has 0 unspecified atom stereocenters. The summed E-state index contributed by atoms with van der Waals surface area (Å²) in [6.07, 6.45) is 7.39. The monoisotopic (exact) mass is 388 g/mol. The number of allylic oxidation sites excluding steroid dienone is 1. The molecule has 0 radical (unpaired) electrons. The fourth-order valence-corrected chi connectivity index (χ4v) is 2.75. The van der Waals surface area contributed by atoms with Crippen molar-refractivity contribution in [2.75, 3.05) is 0 Å². The van der Waals surface area contributed by atoms with Crippen molar-refractivity contribution in [2.24, 2.45) is 0 Å². The van der Waals surface area contributed by atoms with E-state index in [-0.39, 0.29) is 56.3 Å². The third-order valence-electron chi connectivity index (χ3n) is 4.00. The number of aliphatic hydroxyl groups excluding tert-OH is 1. The molecule has 1 aliphatic rings. The molecule has 0 spiro atoms. The molecule has 0 amide bonds. The van der Waals surface area contributed by atoms with Gasteiger partial charge in [0.05, 0.1) is 12.2 Å². The third kappa shape index (κ3) is 7.22. The quantitative estimate of drug-likeness (QED) is 0.591. The van der Waals surface area contributed by atoms with Crippen molar-refractivity contribution < 1.29 is 24.9 Å². The SMILES string of the molecule is C[C@H]1CCC[C@@H](O)CCC/C=C/c2cc(O)cc(O)c2C(=O)O1.S.S. The third-order valence-corrected chi connectivity index (χ3v) is 4.00. The molecule has 3 N–H and O–H groups in total. The van der Waals surface area contributed by atoms with Gasteiger partial charge in [-0.15, -0.1) is 0 Å². The van der Waals surface area contributed by atoms with E-state index < -0.39 is 5.97 Å². The molecule has 2 rings (SSSR count). The normalized spacial score (nSPS) is 23.0. The number of aliphatic hydroxyl groups is 1. The molecular weight excluding hydrogens is 360 g/mol. The lowest BCUT2D eigenvalue weighted by atomic mass is 10.0. The minimum atomic E-state index is -0.604. The summed E-state index contributed by atoms with van der Waals surface area (Å²) in [6.45, 7) is 1.79. The van der Waals surface area contributed by atoms with Crippen LogP contribution in [0.4, 0.5) is 0 Å². The van der Waals surface area contributed by atoms with Crippen molar-refractivity contribution in [3.63, 3.8) is 0 Å². The van der Waals surface area contributed by atoms with E-state index in [0.717, 1.165) is 31.7 Å². The molecule has 0 fully saturated rings. The highest BCUT2D eigenvalue weighted by molar-refractivity contribution is 7.59. The van der Waals surface area contributed by atoms with E-state index in [1.165, 1.54) is 6.07 Å². The van der Waals surface area contributed by atoms with Crippen LogP contribution in [0.5, 0.6) is 11.5 Å². The number of fused-ring (bicyclic) bond motifs is 1. The topological polar surface area (TPSA) is 87.0 Å². The standard InChI is InChI=1S/C18H24O5.2H2S/c1-12-6-5-9-14(19)8-4-2-3-7-13-10-15(20)11-16(21)17(13)18(22)23-12;;/h3,7,10-12,14,19-21H,2,4-6,8-9H2,1H3;2*1H2/b7-3+;;/t12-,14-;;/m0../s1. The van der Waals surface area contributed by atoms with Gasteiger partial charge in [0.25, 0.3) is 0 Å². The van der Waals surface area contributed by atoms with Crippen molar-refractivity contribution in [1.82, 2.24) is 0 Å². The van der Waals surface area contributed by atoms with E-state index in [0.29, 0.717) is 18.4 Å². The highest BCUT2D eigenvalue weighted by Gasteiger charge is 2.20. The number of esters is 1. The fraction of sp³-hybridized carbons (Fsp3) is 0.500. The minimum Gasteiger partial charge on any atom is -0.508 e. The number of benzene rings is 1. The second-order valence-electron chi connectivity index (χ2n) is 6.06. The summed E-state index contributed by atoms with van der Waals surface area (Å²) in [4.78, 5) is 12.3. The molecular formula is C18H28O5S2. The Morgan fingerprint density at radius 3 is 2.48 bits per heavy atom. The van der Waals surface area contributed by atoms with Crippen LogP contribution < -0.4 is 0 Å². The first kappa shape index (κ1) is 23.7. The molecule has 0 bridgehead atoms. The van der Waals surface area contributed by atoms with E-state index in [2.05, 4.69) is 0 Å². The Hall–Kier alpha value is -1.31. The fourth-order valence-electron chi connectivity index (χ4n) is 2.75. The predicted molar refractivity (Wildman–Crippen MR) is 108 cm³/mol. The Morgan fingerprint density at radius 2 is 1.76 bits per heavy atom. The highest BCUT2D eigenvalue weighted by Crippen LogP contribution is 2.30. The van der Waals surface area contributed by atoms with E-state index in [1.807, 2.05) is 6.08 Å². The number of aromatic hydroxyl groups is 2. The van der Waals surface area contributed by atoms with Crippen LogP contribution in [0.25, 0.3) is 6.08 Å². The zero-order chi connectivity index (χ0) is 16.8. The van der Waals surface area contributed by atoms with Gasteiger partial charge in [0.2, 0.25) is 0 Å². The van der Waals surface area contributed by atoms with Crippen LogP contribution in [-0.2, 0) is 4.74 Å². The number of hydrogen-bond donors (Lipinski definition) is 3. The summed E-state index contributed by atoms with van der Waals surface area (Å²) in [7, 11) is 0. The van der Waals surface area contributed by atoms with Crippen LogP contribution in [0, 0.1) is 0 Å². The second kappa shape index (κ2) is 11.3. The van der Waals surface area contributed by atoms with Gasteiger partial charge in [-0.2, -0.15) is 27.0 Å². The van der Waals surface area contributed by atoms with Crippen LogP contribution in [0.3, 0.4) is 0 Å². The number of phenolic OH excluding ortho intramolecular Hbond substituents is 2. The van der Waals surface area contributed by atoms with Crippen LogP contribution in [0.1, 0.15) is 61.4 Å². The van der Waals surface area contributed by atoms with Crippen molar-refractivity contribution in [3.05, 3.63) is 29.3 Å². The van der Waals surface area contributed by atoms with Crippen molar-refractivity contribution in [2.45, 2.75) is 57.7 Å². The summed E-state index contributed by atoms with van der Waals surface area (Å²) in [5, 5.41) is 29.5. The van der Waals surface area contributed by atoms with E-state index in [4.69, 9.17) is 4.74 Å². The number of hydrogen-bond acceptors (Lipinski definition) is 5. The van der Waals surface area contributed by atoms with E-state index >= 15 is 0 Å². The van der Waals surface area contributed by atoms with Crippen LogP contribution in [-0.4, -0.2) is 33.5 Å². The number of phenols is 2. The van der Waals surface area contributed by atoms with Gasteiger partial charge >= 0.3 is 5.97 Å².